The van der Waals surface area contributed by atoms with Crippen LogP contribution in [0.5, 0.6) is 0 Å². The van der Waals surface area contributed by atoms with Gasteiger partial charge in [0.2, 0.25) is 5.91 Å². The van der Waals surface area contributed by atoms with Gasteiger partial charge in [-0.1, -0.05) is 6.07 Å². The third kappa shape index (κ3) is 2.41. The molecule has 0 bridgehead atoms. The SMILES string of the molecule is CC(C)(C)N1C(=O)CC(=O)C[C@@H]1c1cccs1. The van der Waals surface area contributed by atoms with Gasteiger partial charge in [0.1, 0.15) is 5.78 Å². The highest BCUT2D eigenvalue weighted by Gasteiger charge is 2.39. The van der Waals surface area contributed by atoms with Crippen molar-refractivity contribution in [3.05, 3.63) is 22.4 Å². The fourth-order valence-corrected chi connectivity index (χ4v) is 3.17. The third-order valence-corrected chi connectivity index (χ3v) is 3.92. The molecule has 1 amide bonds. The van der Waals surface area contributed by atoms with Crippen LogP contribution in [0.3, 0.4) is 0 Å². The molecule has 1 aromatic heterocycles. The zero-order valence-corrected chi connectivity index (χ0v) is 11.2. The van der Waals surface area contributed by atoms with Gasteiger partial charge in [0.25, 0.3) is 0 Å². The van der Waals surface area contributed by atoms with E-state index in [9.17, 15) is 9.59 Å². The number of thiophene rings is 1. The van der Waals surface area contributed by atoms with Gasteiger partial charge in [-0.05, 0) is 32.2 Å². The molecular weight excluding hydrogens is 234 g/mol. The molecule has 3 nitrogen and oxygen atoms in total. The quantitative estimate of drug-likeness (QED) is 0.720. The van der Waals surface area contributed by atoms with Crippen LogP contribution in [0.4, 0.5) is 0 Å². The lowest BCUT2D eigenvalue weighted by molar-refractivity contribution is -0.148. The number of amides is 1. The molecule has 2 heterocycles. The molecule has 2 rings (SSSR count). The summed E-state index contributed by atoms with van der Waals surface area (Å²) in [5, 5.41) is 1.99. The van der Waals surface area contributed by atoms with E-state index in [1.807, 2.05) is 43.2 Å². The molecule has 1 aliphatic rings. The third-order valence-electron chi connectivity index (χ3n) is 2.94. The summed E-state index contributed by atoms with van der Waals surface area (Å²) in [6, 6.07) is 3.88. The van der Waals surface area contributed by atoms with Gasteiger partial charge in [0.05, 0.1) is 12.5 Å². The average Bonchev–Trinajstić information content (AvgIpc) is 2.65. The highest BCUT2D eigenvalue weighted by molar-refractivity contribution is 7.10. The Kier molecular flexibility index (Phi) is 3.08. The first kappa shape index (κ1) is 12.3. The number of ketones is 1. The second-order valence-corrected chi connectivity index (χ2v) is 6.36. The summed E-state index contributed by atoms with van der Waals surface area (Å²) in [6.07, 6.45) is 0.503. The fraction of sp³-hybridized carbons (Fsp3) is 0.538. The average molecular weight is 251 g/mol. The highest BCUT2D eigenvalue weighted by atomic mass is 32.1. The van der Waals surface area contributed by atoms with Crippen LogP contribution in [-0.4, -0.2) is 22.1 Å². The maximum Gasteiger partial charge on any atom is 0.231 e. The Labute approximate surface area is 105 Å². The van der Waals surface area contributed by atoms with Crippen molar-refractivity contribution in [2.75, 3.05) is 0 Å². The lowest BCUT2D eigenvalue weighted by atomic mass is 9.92. The fourth-order valence-electron chi connectivity index (χ4n) is 2.36. The molecule has 0 radical (unpaired) electrons. The number of Topliss-reactive ketones (excluding diaryl/α,β-unsaturated/α-hetero) is 1. The van der Waals surface area contributed by atoms with Crippen molar-refractivity contribution in [1.29, 1.82) is 0 Å². The van der Waals surface area contributed by atoms with Crippen LogP contribution < -0.4 is 0 Å². The van der Waals surface area contributed by atoms with E-state index in [-0.39, 0.29) is 29.7 Å². The molecule has 0 N–H and O–H groups in total. The number of carbonyl (C=O) groups excluding carboxylic acids is 2. The standard InChI is InChI=1S/C13H17NO2S/c1-13(2,3)14-10(11-5-4-6-17-11)7-9(15)8-12(14)16/h4-6,10H,7-8H2,1-3H3/t10-/m1/s1. The Morgan fingerprint density at radius 1 is 1.35 bits per heavy atom. The number of nitrogens with zero attached hydrogens (tertiary/aromatic N) is 1. The zero-order valence-electron chi connectivity index (χ0n) is 10.4. The Balaban J connectivity index is 2.38. The summed E-state index contributed by atoms with van der Waals surface area (Å²) in [5.41, 5.74) is -0.244. The molecule has 0 aliphatic carbocycles. The van der Waals surface area contributed by atoms with Gasteiger partial charge in [-0.25, -0.2) is 0 Å². The molecule has 0 unspecified atom stereocenters. The minimum absolute atomic E-state index is 0.0489. The van der Waals surface area contributed by atoms with E-state index in [4.69, 9.17) is 0 Å². The molecule has 4 heteroatoms. The minimum atomic E-state index is -0.244. The predicted molar refractivity (Wildman–Crippen MR) is 67.9 cm³/mol. The Morgan fingerprint density at radius 3 is 2.59 bits per heavy atom. The van der Waals surface area contributed by atoms with Crippen molar-refractivity contribution in [3.8, 4) is 0 Å². The molecule has 1 aromatic rings. The zero-order chi connectivity index (χ0) is 12.6. The minimum Gasteiger partial charge on any atom is -0.329 e. The van der Waals surface area contributed by atoms with Gasteiger partial charge >= 0.3 is 0 Å². The van der Waals surface area contributed by atoms with Crippen molar-refractivity contribution in [2.24, 2.45) is 0 Å². The van der Waals surface area contributed by atoms with Gasteiger partial charge < -0.3 is 4.90 Å². The van der Waals surface area contributed by atoms with Crippen molar-refractivity contribution in [1.82, 2.24) is 4.90 Å². The maximum atomic E-state index is 12.1. The molecule has 1 aliphatic heterocycles. The largest absolute Gasteiger partial charge is 0.329 e. The summed E-state index contributed by atoms with van der Waals surface area (Å²) in [6.45, 7) is 6.05. The monoisotopic (exact) mass is 251 g/mol. The van der Waals surface area contributed by atoms with E-state index >= 15 is 0 Å². The van der Waals surface area contributed by atoms with Gasteiger partial charge in [0.15, 0.2) is 0 Å². The summed E-state index contributed by atoms with van der Waals surface area (Å²) in [4.78, 5) is 26.6. The molecule has 0 saturated carbocycles. The number of likely N-dealkylation sites (tertiary alicyclic amines) is 1. The maximum absolute atomic E-state index is 12.1. The van der Waals surface area contributed by atoms with Gasteiger partial charge in [-0.3, -0.25) is 9.59 Å². The lowest BCUT2D eigenvalue weighted by Crippen LogP contribution is -2.51. The van der Waals surface area contributed by atoms with E-state index in [1.54, 1.807) is 11.3 Å². The van der Waals surface area contributed by atoms with E-state index in [1.165, 1.54) is 0 Å². The lowest BCUT2D eigenvalue weighted by Gasteiger charge is -2.43. The number of rotatable bonds is 1. The molecule has 0 aromatic carbocycles. The summed E-state index contributed by atoms with van der Waals surface area (Å²) < 4.78 is 0. The van der Waals surface area contributed by atoms with Crippen molar-refractivity contribution >= 4 is 23.0 Å². The molecule has 17 heavy (non-hydrogen) atoms. The second-order valence-electron chi connectivity index (χ2n) is 5.39. The normalized spacial score (nSPS) is 22.1. The first-order valence-electron chi connectivity index (χ1n) is 5.77. The van der Waals surface area contributed by atoms with Crippen molar-refractivity contribution in [3.63, 3.8) is 0 Å². The first-order chi connectivity index (χ1) is 7.89. The van der Waals surface area contributed by atoms with E-state index in [2.05, 4.69) is 0 Å². The summed E-state index contributed by atoms with van der Waals surface area (Å²) >= 11 is 1.61. The second kappa shape index (κ2) is 4.26. The summed E-state index contributed by atoms with van der Waals surface area (Å²) in [5.74, 6) is 0.000972. The van der Waals surface area contributed by atoms with Gasteiger partial charge in [-0.2, -0.15) is 0 Å². The Hall–Kier alpha value is -1.16. The van der Waals surface area contributed by atoms with E-state index in [0.29, 0.717) is 6.42 Å². The highest BCUT2D eigenvalue weighted by Crippen LogP contribution is 2.37. The molecular formula is C13H17NO2S. The van der Waals surface area contributed by atoms with Crippen LogP contribution in [0.15, 0.2) is 17.5 Å². The number of piperidine rings is 1. The molecule has 92 valence electrons. The van der Waals surface area contributed by atoms with E-state index in [0.717, 1.165) is 4.88 Å². The first-order valence-corrected chi connectivity index (χ1v) is 6.65. The van der Waals surface area contributed by atoms with Crippen LogP contribution in [0.2, 0.25) is 0 Å². The number of carbonyl (C=O) groups is 2. The van der Waals surface area contributed by atoms with Crippen molar-refractivity contribution in [2.45, 2.75) is 45.2 Å². The number of hydrogen-bond acceptors (Lipinski definition) is 3. The van der Waals surface area contributed by atoms with Crippen LogP contribution in [-0.2, 0) is 9.59 Å². The van der Waals surface area contributed by atoms with Crippen LogP contribution in [0.1, 0.15) is 44.5 Å². The van der Waals surface area contributed by atoms with Crippen molar-refractivity contribution < 1.29 is 9.59 Å². The molecule has 1 saturated heterocycles. The predicted octanol–water partition coefficient (Wildman–Crippen LogP) is 2.78. The molecule has 1 atom stereocenters. The van der Waals surface area contributed by atoms with Crippen LogP contribution >= 0.6 is 11.3 Å². The molecule has 0 spiro atoms. The molecule has 1 fully saturated rings. The van der Waals surface area contributed by atoms with Crippen LogP contribution in [0, 0.1) is 0 Å². The summed E-state index contributed by atoms with van der Waals surface area (Å²) in [7, 11) is 0. The topological polar surface area (TPSA) is 37.4 Å². The smallest absolute Gasteiger partial charge is 0.231 e. The van der Waals surface area contributed by atoms with Gasteiger partial charge in [0, 0.05) is 16.8 Å². The Bertz CT molecular complexity index is 431. The van der Waals surface area contributed by atoms with E-state index < -0.39 is 0 Å². The number of hydrogen-bond donors (Lipinski definition) is 0. The van der Waals surface area contributed by atoms with Gasteiger partial charge in [-0.15, -0.1) is 11.3 Å². The Morgan fingerprint density at radius 2 is 2.06 bits per heavy atom. The van der Waals surface area contributed by atoms with Crippen LogP contribution in [0.25, 0.3) is 0 Å².